The Bertz CT molecular complexity index is 197. The first-order valence-corrected chi connectivity index (χ1v) is 3.89. The highest BCUT2D eigenvalue weighted by Gasteiger charge is 2.11. The van der Waals surface area contributed by atoms with E-state index in [1.54, 1.807) is 0 Å². The van der Waals surface area contributed by atoms with Crippen LogP contribution in [0.25, 0.3) is 0 Å². The van der Waals surface area contributed by atoms with Crippen LogP contribution in [0.4, 0.5) is 9.59 Å². The molecule has 0 aliphatic heterocycles. The number of nitrogens with two attached hydrogens (primary N) is 1. The van der Waals surface area contributed by atoms with Crippen LogP contribution >= 0.6 is 0 Å². The Morgan fingerprint density at radius 1 is 1.36 bits per heavy atom. The second kappa shape index (κ2) is 6.96. The van der Waals surface area contributed by atoms with Gasteiger partial charge >= 0.3 is 12.2 Å². The fraction of sp³-hybridized carbons (Fsp3) is 0.714. The summed E-state index contributed by atoms with van der Waals surface area (Å²) in [6.07, 6.45) is -1.99. The Morgan fingerprint density at radius 3 is 2.36 bits per heavy atom. The van der Waals surface area contributed by atoms with Crippen molar-refractivity contribution in [2.75, 3.05) is 27.4 Å². The van der Waals surface area contributed by atoms with E-state index < -0.39 is 18.3 Å². The highest BCUT2D eigenvalue weighted by atomic mass is 16.6. The van der Waals surface area contributed by atoms with Gasteiger partial charge in [0.15, 0.2) is 0 Å². The fourth-order valence-corrected chi connectivity index (χ4v) is 0.600. The van der Waals surface area contributed by atoms with E-state index in [1.165, 1.54) is 14.2 Å². The Morgan fingerprint density at radius 2 is 1.93 bits per heavy atom. The van der Waals surface area contributed by atoms with Crippen molar-refractivity contribution in [2.24, 2.45) is 5.73 Å². The van der Waals surface area contributed by atoms with Crippen molar-refractivity contribution < 1.29 is 23.8 Å². The van der Waals surface area contributed by atoms with Crippen molar-refractivity contribution >= 4 is 12.2 Å². The summed E-state index contributed by atoms with van der Waals surface area (Å²) < 4.78 is 14.0. The van der Waals surface area contributed by atoms with E-state index in [0.29, 0.717) is 0 Å². The molecule has 1 unspecified atom stereocenters. The van der Waals surface area contributed by atoms with Gasteiger partial charge in [0.05, 0.1) is 0 Å². The highest BCUT2D eigenvalue weighted by molar-refractivity contribution is 5.66. The van der Waals surface area contributed by atoms with E-state index in [-0.39, 0.29) is 13.2 Å². The first kappa shape index (κ1) is 12.5. The average Bonchev–Trinajstić information content (AvgIpc) is 2.17. The molecule has 1 atom stereocenters. The number of primary amides is 1. The van der Waals surface area contributed by atoms with E-state index in [9.17, 15) is 9.59 Å². The highest BCUT2D eigenvalue weighted by Crippen LogP contribution is 1.93. The number of ether oxygens (including phenoxy) is 3. The number of alkyl carbamates (subject to hydrolysis) is 1. The SMILES string of the molecule is CNC(=O)OCC(COC(N)=O)OC. The maximum Gasteiger partial charge on any atom is 0.406 e. The molecule has 82 valence electrons. The molecule has 0 bridgehead atoms. The summed E-state index contributed by atoms with van der Waals surface area (Å²) in [7, 11) is 2.84. The number of methoxy groups -OCH3 is 1. The van der Waals surface area contributed by atoms with Gasteiger partial charge in [-0.25, -0.2) is 9.59 Å². The summed E-state index contributed by atoms with van der Waals surface area (Å²) in [6, 6.07) is 0. The predicted molar refractivity (Wildman–Crippen MR) is 46.7 cm³/mol. The van der Waals surface area contributed by atoms with E-state index in [0.717, 1.165) is 0 Å². The van der Waals surface area contributed by atoms with Crippen molar-refractivity contribution in [1.29, 1.82) is 0 Å². The standard InChI is InChI=1S/C7H14N2O5/c1-9-7(11)14-4-5(12-2)3-13-6(8)10/h5H,3-4H2,1-2H3,(H2,8,10)(H,9,11). The van der Waals surface area contributed by atoms with Crippen LogP contribution in [0, 0.1) is 0 Å². The van der Waals surface area contributed by atoms with Crippen LogP contribution in [0.5, 0.6) is 0 Å². The van der Waals surface area contributed by atoms with Gasteiger partial charge in [-0.1, -0.05) is 0 Å². The Balaban J connectivity index is 3.68. The molecule has 7 heteroatoms. The molecule has 0 aromatic carbocycles. The van der Waals surface area contributed by atoms with Gasteiger partial charge in [0, 0.05) is 14.2 Å². The van der Waals surface area contributed by atoms with Crippen LogP contribution in [0.3, 0.4) is 0 Å². The molecule has 0 aliphatic carbocycles. The molecule has 7 nitrogen and oxygen atoms in total. The van der Waals surface area contributed by atoms with E-state index in [4.69, 9.17) is 10.5 Å². The zero-order chi connectivity index (χ0) is 11.0. The Labute approximate surface area is 81.5 Å². The monoisotopic (exact) mass is 206 g/mol. The first-order valence-electron chi connectivity index (χ1n) is 3.89. The molecule has 0 aliphatic rings. The van der Waals surface area contributed by atoms with Crippen LogP contribution < -0.4 is 11.1 Å². The zero-order valence-electron chi connectivity index (χ0n) is 8.11. The molecule has 0 heterocycles. The van der Waals surface area contributed by atoms with Gasteiger partial charge in [0.2, 0.25) is 0 Å². The molecule has 0 spiro atoms. The number of rotatable bonds is 5. The van der Waals surface area contributed by atoms with Gasteiger partial charge in [-0.2, -0.15) is 0 Å². The predicted octanol–water partition coefficient (Wildman–Crippen LogP) is -0.547. The lowest BCUT2D eigenvalue weighted by Crippen LogP contribution is -2.31. The van der Waals surface area contributed by atoms with Gasteiger partial charge in [-0.3, -0.25) is 0 Å². The zero-order valence-corrected chi connectivity index (χ0v) is 8.11. The van der Waals surface area contributed by atoms with Crippen molar-refractivity contribution in [3.8, 4) is 0 Å². The largest absolute Gasteiger partial charge is 0.447 e. The summed E-state index contributed by atoms with van der Waals surface area (Å²) >= 11 is 0. The number of carbonyl (C=O) groups excluding carboxylic acids is 2. The molecule has 0 radical (unpaired) electrons. The van der Waals surface area contributed by atoms with Gasteiger partial charge in [0.1, 0.15) is 19.3 Å². The molecule has 0 aromatic rings. The number of hydrogen-bond donors (Lipinski definition) is 2. The second-order valence-corrected chi connectivity index (χ2v) is 2.34. The fourth-order valence-electron chi connectivity index (χ4n) is 0.600. The summed E-state index contributed by atoms with van der Waals surface area (Å²) in [6.45, 7) is -0.0632. The number of amides is 2. The van der Waals surface area contributed by atoms with Crippen LogP contribution in [0.1, 0.15) is 0 Å². The lowest BCUT2D eigenvalue weighted by atomic mass is 10.4. The Kier molecular flexibility index (Phi) is 6.21. The summed E-state index contributed by atoms with van der Waals surface area (Å²) in [5, 5.41) is 2.26. The van der Waals surface area contributed by atoms with E-state index >= 15 is 0 Å². The van der Waals surface area contributed by atoms with Crippen LogP contribution in [-0.4, -0.2) is 45.7 Å². The third-order valence-electron chi connectivity index (χ3n) is 1.35. The topological polar surface area (TPSA) is 99.9 Å². The molecule has 0 aromatic heterocycles. The van der Waals surface area contributed by atoms with Gasteiger partial charge in [0.25, 0.3) is 0 Å². The summed E-state index contributed by atoms with van der Waals surface area (Å²) in [4.78, 5) is 20.9. The van der Waals surface area contributed by atoms with Crippen LogP contribution in [0.15, 0.2) is 0 Å². The normalized spacial score (nSPS) is 11.6. The van der Waals surface area contributed by atoms with E-state index in [1.807, 2.05) is 0 Å². The molecule has 2 amide bonds. The molecule has 0 fully saturated rings. The number of carbonyl (C=O) groups is 2. The maximum absolute atomic E-state index is 10.6. The summed E-state index contributed by atoms with van der Waals surface area (Å²) in [5.41, 5.74) is 4.74. The average molecular weight is 206 g/mol. The third kappa shape index (κ3) is 6.06. The molecule has 0 rings (SSSR count). The van der Waals surface area contributed by atoms with Crippen molar-refractivity contribution in [1.82, 2.24) is 5.32 Å². The van der Waals surface area contributed by atoms with Gasteiger partial charge < -0.3 is 25.3 Å². The molecule has 0 saturated heterocycles. The molecule has 0 saturated carbocycles. The number of hydrogen-bond acceptors (Lipinski definition) is 5. The molecular formula is C7H14N2O5. The quantitative estimate of drug-likeness (QED) is 0.628. The van der Waals surface area contributed by atoms with Crippen molar-refractivity contribution in [3.05, 3.63) is 0 Å². The summed E-state index contributed by atoms with van der Waals surface area (Å²) in [5.74, 6) is 0. The molecule has 3 N–H and O–H groups in total. The lowest BCUT2D eigenvalue weighted by Gasteiger charge is -2.14. The smallest absolute Gasteiger partial charge is 0.406 e. The minimum absolute atomic E-state index is 0.0105. The van der Waals surface area contributed by atoms with Crippen LogP contribution in [-0.2, 0) is 14.2 Å². The second-order valence-electron chi connectivity index (χ2n) is 2.34. The Hall–Kier alpha value is -1.50. The maximum atomic E-state index is 10.6. The molecule has 14 heavy (non-hydrogen) atoms. The van der Waals surface area contributed by atoms with Gasteiger partial charge in [-0.05, 0) is 0 Å². The number of nitrogens with one attached hydrogen (secondary N) is 1. The van der Waals surface area contributed by atoms with Crippen LogP contribution in [0.2, 0.25) is 0 Å². The minimum Gasteiger partial charge on any atom is -0.447 e. The van der Waals surface area contributed by atoms with E-state index in [2.05, 4.69) is 14.8 Å². The minimum atomic E-state index is -0.896. The lowest BCUT2D eigenvalue weighted by molar-refractivity contribution is -0.00260. The molecular weight excluding hydrogens is 192 g/mol. The van der Waals surface area contributed by atoms with Crippen molar-refractivity contribution in [3.63, 3.8) is 0 Å². The van der Waals surface area contributed by atoms with Crippen molar-refractivity contribution in [2.45, 2.75) is 6.10 Å². The first-order chi connectivity index (χ1) is 6.60. The van der Waals surface area contributed by atoms with Gasteiger partial charge in [-0.15, -0.1) is 0 Å². The third-order valence-corrected chi connectivity index (χ3v) is 1.35.